The lowest BCUT2D eigenvalue weighted by Gasteiger charge is -2.11. The number of H-pyrrole nitrogens is 1. The van der Waals surface area contributed by atoms with Crippen LogP contribution in [0.25, 0.3) is 32.6 Å². The molecule has 5 heteroatoms. The molecular weight excluding hydrogens is 264 g/mol. The Balaban J connectivity index is 2.35. The predicted molar refractivity (Wildman–Crippen MR) is 83.5 cm³/mol. The Hall–Kier alpha value is -2.69. The van der Waals surface area contributed by atoms with Crippen LogP contribution in [0, 0.1) is 0 Å². The van der Waals surface area contributed by atoms with Gasteiger partial charge in [-0.05, 0) is 38.1 Å². The Morgan fingerprint density at radius 3 is 2.71 bits per heavy atom. The molecule has 2 aromatic carbocycles. The molecule has 0 unspecified atom stereocenters. The average molecular weight is 278 g/mol. The third kappa shape index (κ3) is 1.60. The molecule has 0 radical (unpaired) electrons. The van der Waals surface area contributed by atoms with Crippen LogP contribution in [0.5, 0.6) is 0 Å². The Bertz CT molecular complexity index is 1040. The number of hydrogen-bond acceptors (Lipinski definition) is 3. The first kappa shape index (κ1) is 12.1. The van der Waals surface area contributed by atoms with Crippen LogP contribution in [0.3, 0.4) is 0 Å². The maximum Gasteiger partial charge on any atom is 0.273 e. The van der Waals surface area contributed by atoms with E-state index in [4.69, 9.17) is 0 Å². The molecule has 0 aliphatic rings. The SMILES string of the molecule is CC(C)n1[nH]c2ccc3c4nnccc4ccc(c1=O)c23. The summed E-state index contributed by atoms with van der Waals surface area (Å²) in [6.07, 6.45) is 1.66. The number of nitrogens with one attached hydrogen (secondary N) is 1. The van der Waals surface area contributed by atoms with Gasteiger partial charge >= 0.3 is 0 Å². The van der Waals surface area contributed by atoms with Crippen LogP contribution in [0.1, 0.15) is 19.9 Å². The maximum atomic E-state index is 12.7. The van der Waals surface area contributed by atoms with Crippen molar-refractivity contribution in [2.75, 3.05) is 0 Å². The normalized spacial score (nSPS) is 12.0. The fourth-order valence-corrected chi connectivity index (χ4v) is 2.85. The number of rotatable bonds is 1. The summed E-state index contributed by atoms with van der Waals surface area (Å²) in [5.41, 5.74) is 1.75. The molecule has 0 amide bonds. The van der Waals surface area contributed by atoms with Crippen LogP contribution in [0.2, 0.25) is 0 Å². The fraction of sp³-hybridized carbons (Fsp3) is 0.188. The first-order valence-electron chi connectivity index (χ1n) is 6.94. The van der Waals surface area contributed by atoms with Crippen LogP contribution >= 0.6 is 0 Å². The zero-order valence-corrected chi connectivity index (χ0v) is 11.8. The summed E-state index contributed by atoms with van der Waals surface area (Å²) in [5, 5.41) is 15.0. The molecule has 0 spiro atoms. The summed E-state index contributed by atoms with van der Waals surface area (Å²) >= 11 is 0. The highest BCUT2D eigenvalue weighted by atomic mass is 16.1. The van der Waals surface area contributed by atoms with E-state index in [9.17, 15) is 4.79 Å². The molecule has 0 atom stereocenters. The minimum atomic E-state index is -0.0121. The highest BCUT2D eigenvalue weighted by Crippen LogP contribution is 2.29. The Morgan fingerprint density at radius 2 is 1.90 bits per heavy atom. The van der Waals surface area contributed by atoms with E-state index in [1.807, 2.05) is 44.2 Å². The van der Waals surface area contributed by atoms with Gasteiger partial charge in [0.1, 0.15) is 5.52 Å². The van der Waals surface area contributed by atoms with E-state index in [-0.39, 0.29) is 11.6 Å². The van der Waals surface area contributed by atoms with Gasteiger partial charge in [-0.1, -0.05) is 6.07 Å². The van der Waals surface area contributed by atoms with E-state index < -0.39 is 0 Å². The molecule has 2 aromatic heterocycles. The van der Waals surface area contributed by atoms with Gasteiger partial charge < -0.3 is 0 Å². The summed E-state index contributed by atoms with van der Waals surface area (Å²) < 4.78 is 1.66. The van der Waals surface area contributed by atoms with Gasteiger partial charge in [0.05, 0.1) is 17.1 Å². The fourth-order valence-electron chi connectivity index (χ4n) is 2.85. The van der Waals surface area contributed by atoms with Crippen molar-refractivity contribution in [1.29, 1.82) is 0 Å². The van der Waals surface area contributed by atoms with E-state index in [2.05, 4.69) is 15.3 Å². The van der Waals surface area contributed by atoms with Crippen molar-refractivity contribution in [1.82, 2.24) is 20.0 Å². The number of nitrogens with zero attached hydrogens (tertiary/aromatic N) is 3. The number of aromatic amines is 1. The molecule has 21 heavy (non-hydrogen) atoms. The number of aromatic nitrogens is 4. The van der Waals surface area contributed by atoms with E-state index in [0.717, 1.165) is 27.2 Å². The van der Waals surface area contributed by atoms with Gasteiger partial charge in [0, 0.05) is 22.2 Å². The van der Waals surface area contributed by atoms with Gasteiger partial charge in [-0.15, -0.1) is 5.10 Å². The molecule has 0 aliphatic heterocycles. The Morgan fingerprint density at radius 1 is 1.10 bits per heavy atom. The number of hydrogen-bond donors (Lipinski definition) is 1. The molecule has 5 nitrogen and oxygen atoms in total. The first-order chi connectivity index (χ1) is 10.2. The van der Waals surface area contributed by atoms with Gasteiger partial charge in [-0.2, -0.15) is 5.10 Å². The van der Waals surface area contributed by atoms with E-state index in [1.165, 1.54) is 0 Å². The van der Waals surface area contributed by atoms with Crippen LogP contribution in [-0.2, 0) is 0 Å². The summed E-state index contributed by atoms with van der Waals surface area (Å²) in [5.74, 6) is 0. The van der Waals surface area contributed by atoms with Gasteiger partial charge in [0.25, 0.3) is 5.56 Å². The molecular formula is C16H14N4O. The molecule has 4 rings (SSSR count). The zero-order chi connectivity index (χ0) is 14.6. The summed E-state index contributed by atoms with van der Waals surface area (Å²) in [6, 6.07) is 9.79. The van der Waals surface area contributed by atoms with Gasteiger partial charge in [0.2, 0.25) is 0 Å². The number of fused-ring (bicyclic) bond motifs is 2. The van der Waals surface area contributed by atoms with Crippen molar-refractivity contribution in [2.24, 2.45) is 0 Å². The molecule has 1 N–H and O–H groups in total. The monoisotopic (exact) mass is 278 g/mol. The largest absolute Gasteiger partial charge is 0.295 e. The Kier molecular flexibility index (Phi) is 2.39. The maximum absolute atomic E-state index is 12.7. The van der Waals surface area contributed by atoms with Crippen LogP contribution < -0.4 is 5.56 Å². The van der Waals surface area contributed by atoms with Crippen LogP contribution in [-0.4, -0.2) is 20.0 Å². The van der Waals surface area contributed by atoms with Crippen molar-refractivity contribution in [3.63, 3.8) is 0 Å². The standard InChI is InChI=1S/C16H14N4O/c1-9(2)20-16(21)12-4-3-10-7-8-17-18-15(10)11-5-6-13(19-20)14(11)12/h3-9,19H,1-2H3. The molecule has 0 fully saturated rings. The average Bonchev–Trinajstić information content (AvgIpc) is 2.81. The third-order valence-electron chi connectivity index (χ3n) is 3.87. The summed E-state index contributed by atoms with van der Waals surface area (Å²) in [4.78, 5) is 12.7. The molecule has 104 valence electrons. The predicted octanol–water partition coefficient (Wildman–Crippen LogP) is 3.01. The van der Waals surface area contributed by atoms with Crippen molar-refractivity contribution < 1.29 is 0 Å². The smallest absolute Gasteiger partial charge is 0.273 e. The first-order valence-corrected chi connectivity index (χ1v) is 6.94. The minimum absolute atomic E-state index is 0.0121. The molecule has 0 aliphatic carbocycles. The molecule has 0 bridgehead atoms. The van der Waals surface area contributed by atoms with Crippen molar-refractivity contribution >= 4 is 32.6 Å². The summed E-state index contributed by atoms with van der Waals surface area (Å²) in [6.45, 7) is 3.97. The zero-order valence-electron chi connectivity index (χ0n) is 11.8. The molecule has 4 aromatic rings. The van der Waals surface area contributed by atoms with Crippen molar-refractivity contribution in [2.45, 2.75) is 19.9 Å². The van der Waals surface area contributed by atoms with Crippen molar-refractivity contribution in [3.8, 4) is 0 Å². The molecule has 2 heterocycles. The lowest BCUT2D eigenvalue weighted by Crippen LogP contribution is -2.24. The third-order valence-corrected chi connectivity index (χ3v) is 3.87. The lowest BCUT2D eigenvalue weighted by molar-refractivity contribution is 0.514. The second kappa shape index (κ2) is 4.15. The van der Waals surface area contributed by atoms with E-state index >= 15 is 0 Å². The molecule has 0 saturated heterocycles. The lowest BCUT2D eigenvalue weighted by atomic mass is 10.2. The second-order valence-electron chi connectivity index (χ2n) is 5.50. The Labute approximate surface area is 120 Å². The topological polar surface area (TPSA) is 63.6 Å². The van der Waals surface area contributed by atoms with Crippen LogP contribution in [0.15, 0.2) is 41.3 Å². The quantitative estimate of drug-likeness (QED) is 0.582. The van der Waals surface area contributed by atoms with Gasteiger partial charge in [-0.3, -0.25) is 9.89 Å². The van der Waals surface area contributed by atoms with E-state index in [1.54, 1.807) is 10.9 Å². The van der Waals surface area contributed by atoms with Gasteiger partial charge in [-0.25, -0.2) is 4.68 Å². The van der Waals surface area contributed by atoms with Crippen LogP contribution in [0.4, 0.5) is 0 Å². The van der Waals surface area contributed by atoms with Gasteiger partial charge in [0.15, 0.2) is 0 Å². The molecule has 0 saturated carbocycles. The van der Waals surface area contributed by atoms with E-state index in [0.29, 0.717) is 5.39 Å². The highest BCUT2D eigenvalue weighted by Gasteiger charge is 2.13. The highest BCUT2D eigenvalue weighted by molar-refractivity contribution is 6.17. The summed E-state index contributed by atoms with van der Waals surface area (Å²) in [7, 11) is 0. The second-order valence-corrected chi connectivity index (χ2v) is 5.50. The minimum Gasteiger partial charge on any atom is -0.295 e. The van der Waals surface area contributed by atoms with Crippen molar-refractivity contribution in [3.05, 3.63) is 46.9 Å².